The second kappa shape index (κ2) is 7.44. The largest absolute Gasteiger partial charge is 0.355 e. The van der Waals surface area contributed by atoms with Crippen molar-refractivity contribution in [2.24, 2.45) is 0 Å². The Labute approximate surface area is 142 Å². The van der Waals surface area contributed by atoms with E-state index in [1.807, 2.05) is 37.3 Å². The summed E-state index contributed by atoms with van der Waals surface area (Å²) in [5.74, 6) is 6.99. The minimum Gasteiger partial charge on any atom is -0.355 e. The van der Waals surface area contributed by atoms with Crippen LogP contribution in [0.25, 0.3) is 0 Å². The number of nitriles is 1. The van der Waals surface area contributed by atoms with Gasteiger partial charge in [-0.3, -0.25) is 0 Å². The first-order chi connectivity index (χ1) is 11.8. The molecule has 2 aromatic heterocycles. The van der Waals surface area contributed by atoms with Crippen LogP contribution < -0.4 is 4.90 Å². The molecular weight excluding hydrogens is 296 g/mol. The molecule has 0 atom stereocenters. The zero-order valence-corrected chi connectivity index (χ0v) is 13.7. The van der Waals surface area contributed by atoms with Gasteiger partial charge in [0.15, 0.2) is 0 Å². The van der Waals surface area contributed by atoms with Crippen molar-refractivity contribution in [2.75, 3.05) is 18.0 Å². The van der Waals surface area contributed by atoms with Crippen molar-refractivity contribution >= 4 is 5.82 Å². The molecule has 0 unspecified atom stereocenters. The molecule has 4 heteroatoms. The summed E-state index contributed by atoms with van der Waals surface area (Å²) in [6, 6.07) is 11.7. The standard InChI is InChI=1S/C20H18N4/c1-16-5-2-8-19(23-16)9-3-6-17-10-13-24(14-11-17)20-18(15-21)7-4-12-22-20/h2,4-8,12H,10-11,13-14H2,1H3. The van der Waals surface area contributed by atoms with E-state index in [2.05, 4.69) is 32.8 Å². The van der Waals surface area contributed by atoms with Gasteiger partial charge < -0.3 is 4.90 Å². The Kier molecular flexibility index (Phi) is 4.89. The van der Waals surface area contributed by atoms with Gasteiger partial charge in [-0.1, -0.05) is 17.6 Å². The first-order valence-corrected chi connectivity index (χ1v) is 7.99. The highest BCUT2D eigenvalue weighted by Gasteiger charge is 2.17. The molecule has 2 aromatic rings. The third kappa shape index (κ3) is 3.80. The van der Waals surface area contributed by atoms with Crippen LogP contribution >= 0.6 is 0 Å². The Hall–Kier alpha value is -3.11. The number of allylic oxidation sites excluding steroid dienone is 1. The van der Waals surface area contributed by atoms with Crippen molar-refractivity contribution in [2.45, 2.75) is 19.8 Å². The third-order valence-corrected chi connectivity index (χ3v) is 3.98. The Morgan fingerprint density at radius 3 is 2.75 bits per heavy atom. The van der Waals surface area contributed by atoms with Crippen LogP contribution in [0.15, 0.2) is 48.2 Å². The van der Waals surface area contributed by atoms with Crippen molar-refractivity contribution in [1.82, 2.24) is 9.97 Å². The number of hydrogen-bond donors (Lipinski definition) is 0. The number of piperidine rings is 1. The maximum atomic E-state index is 9.19. The van der Waals surface area contributed by atoms with Crippen LogP contribution in [-0.4, -0.2) is 23.1 Å². The lowest BCUT2D eigenvalue weighted by Gasteiger charge is -2.29. The Balaban J connectivity index is 1.64. The molecule has 0 aromatic carbocycles. The molecule has 24 heavy (non-hydrogen) atoms. The maximum absolute atomic E-state index is 9.19. The molecule has 3 heterocycles. The predicted octanol–water partition coefficient (Wildman–Crippen LogP) is 3.24. The fraction of sp³-hybridized carbons (Fsp3) is 0.250. The second-order valence-corrected chi connectivity index (χ2v) is 5.71. The van der Waals surface area contributed by atoms with E-state index >= 15 is 0 Å². The van der Waals surface area contributed by atoms with Crippen LogP contribution in [0.5, 0.6) is 0 Å². The summed E-state index contributed by atoms with van der Waals surface area (Å²) in [7, 11) is 0. The number of pyridine rings is 2. The highest BCUT2D eigenvalue weighted by atomic mass is 15.2. The van der Waals surface area contributed by atoms with E-state index in [1.165, 1.54) is 5.57 Å². The van der Waals surface area contributed by atoms with Crippen LogP contribution in [0.2, 0.25) is 0 Å². The van der Waals surface area contributed by atoms with Crippen molar-refractivity contribution < 1.29 is 0 Å². The highest BCUT2D eigenvalue weighted by Crippen LogP contribution is 2.23. The van der Waals surface area contributed by atoms with Crippen molar-refractivity contribution in [3.05, 3.63) is 65.1 Å². The van der Waals surface area contributed by atoms with Gasteiger partial charge in [0.25, 0.3) is 0 Å². The summed E-state index contributed by atoms with van der Waals surface area (Å²) < 4.78 is 0. The third-order valence-electron chi connectivity index (χ3n) is 3.98. The van der Waals surface area contributed by atoms with E-state index in [1.54, 1.807) is 12.3 Å². The number of aryl methyl sites for hydroxylation is 1. The van der Waals surface area contributed by atoms with E-state index in [4.69, 9.17) is 0 Å². The zero-order valence-electron chi connectivity index (χ0n) is 13.7. The van der Waals surface area contributed by atoms with Gasteiger partial charge in [0.1, 0.15) is 17.6 Å². The quantitative estimate of drug-likeness (QED) is 0.758. The van der Waals surface area contributed by atoms with Gasteiger partial charge in [-0.05, 0) is 56.0 Å². The van der Waals surface area contributed by atoms with Gasteiger partial charge in [-0.25, -0.2) is 9.97 Å². The monoisotopic (exact) mass is 314 g/mol. The number of hydrogen-bond acceptors (Lipinski definition) is 4. The highest BCUT2D eigenvalue weighted by molar-refractivity contribution is 5.54. The Morgan fingerprint density at radius 2 is 2.00 bits per heavy atom. The van der Waals surface area contributed by atoms with Crippen LogP contribution in [0.4, 0.5) is 5.82 Å². The Bertz CT molecular complexity index is 855. The van der Waals surface area contributed by atoms with Crippen molar-refractivity contribution in [3.63, 3.8) is 0 Å². The lowest BCUT2D eigenvalue weighted by molar-refractivity contribution is 0.677. The van der Waals surface area contributed by atoms with E-state index in [0.717, 1.165) is 43.1 Å². The topological polar surface area (TPSA) is 52.8 Å². The fourth-order valence-corrected chi connectivity index (χ4v) is 2.71. The molecule has 0 N–H and O–H groups in total. The number of aromatic nitrogens is 2. The lowest BCUT2D eigenvalue weighted by atomic mass is 10.0. The molecule has 1 aliphatic heterocycles. The van der Waals surface area contributed by atoms with Gasteiger partial charge in [0, 0.05) is 25.0 Å². The first kappa shape index (κ1) is 15.8. The number of rotatable bonds is 1. The minimum absolute atomic E-state index is 0.634. The van der Waals surface area contributed by atoms with Crippen LogP contribution in [0.3, 0.4) is 0 Å². The van der Waals surface area contributed by atoms with Crippen molar-refractivity contribution in [3.8, 4) is 17.9 Å². The zero-order chi connectivity index (χ0) is 16.8. The smallest absolute Gasteiger partial charge is 0.146 e. The summed E-state index contributed by atoms with van der Waals surface area (Å²) in [4.78, 5) is 10.9. The summed E-state index contributed by atoms with van der Waals surface area (Å²) in [5, 5.41) is 9.19. The molecule has 0 saturated carbocycles. The average molecular weight is 314 g/mol. The molecule has 0 aliphatic carbocycles. The SMILES string of the molecule is Cc1cccc(C#CC=C2CCN(c3ncccc3C#N)CC2)n1. The van der Waals surface area contributed by atoms with Crippen LogP contribution in [0, 0.1) is 30.1 Å². The molecule has 3 rings (SSSR count). The number of anilines is 1. The molecule has 0 radical (unpaired) electrons. The summed E-state index contributed by atoms with van der Waals surface area (Å²) in [5.41, 5.74) is 3.75. The molecule has 0 amide bonds. The van der Waals surface area contributed by atoms with Gasteiger partial charge in [-0.2, -0.15) is 5.26 Å². The molecule has 1 aliphatic rings. The van der Waals surface area contributed by atoms with Gasteiger partial charge in [-0.15, -0.1) is 0 Å². The molecule has 1 fully saturated rings. The van der Waals surface area contributed by atoms with Gasteiger partial charge >= 0.3 is 0 Å². The lowest BCUT2D eigenvalue weighted by Crippen LogP contribution is -2.31. The molecule has 118 valence electrons. The molecular formula is C20H18N4. The van der Waals surface area contributed by atoms with E-state index in [9.17, 15) is 5.26 Å². The predicted molar refractivity (Wildman–Crippen MR) is 94.3 cm³/mol. The summed E-state index contributed by atoms with van der Waals surface area (Å²) in [6.07, 6.45) is 5.63. The molecule has 1 saturated heterocycles. The fourth-order valence-electron chi connectivity index (χ4n) is 2.71. The van der Waals surface area contributed by atoms with Crippen LogP contribution in [-0.2, 0) is 0 Å². The number of nitrogens with zero attached hydrogens (tertiary/aromatic N) is 4. The average Bonchev–Trinajstić information content (AvgIpc) is 2.62. The van der Waals surface area contributed by atoms with E-state index in [0.29, 0.717) is 5.56 Å². The molecule has 4 nitrogen and oxygen atoms in total. The van der Waals surface area contributed by atoms with Crippen LogP contribution in [0.1, 0.15) is 29.8 Å². The minimum atomic E-state index is 0.634. The summed E-state index contributed by atoms with van der Waals surface area (Å²) in [6.45, 7) is 3.69. The van der Waals surface area contributed by atoms with E-state index in [-0.39, 0.29) is 0 Å². The maximum Gasteiger partial charge on any atom is 0.146 e. The molecule has 0 bridgehead atoms. The van der Waals surface area contributed by atoms with Gasteiger partial charge in [0.05, 0.1) is 5.56 Å². The Morgan fingerprint density at radius 1 is 1.17 bits per heavy atom. The normalized spacial score (nSPS) is 13.7. The van der Waals surface area contributed by atoms with E-state index < -0.39 is 0 Å². The van der Waals surface area contributed by atoms with Gasteiger partial charge in [0.2, 0.25) is 0 Å². The van der Waals surface area contributed by atoms with Crippen molar-refractivity contribution in [1.29, 1.82) is 5.26 Å². The first-order valence-electron chi connectivity index (χ1n) is 7.99. The summed E-state index contributed by atoms with van der Waals surface area (Å²) >= 11 is 0. The second-order valence-electron chi connectivity index (χ2n) is 5.71. The molecule has 0 spiro atoms.